The molecule has 2 saturated carbocycles. The fourth-order valence-corrected chi connectivity index (χ4v) is 3.86. The lowest BCUT2D eigenvalue weighted by molar-refractivity contribution is 0.208. The van der Waals surface area contributed by atoms with Crippen LogP contribution in [0.4, 0.5) is 10.5 Å². The van der Waals surface area contributed by atoms with Crippen LogP contribution in [0.15, 0.2) is 30.3 Å². The second-order valence-electron chi connectivity index (χ2n) is 6.32. The highest BCUT2D eigenvalue weighted by Crippen LogP contribution is 2.50. The maximum absolute atomic E-state index is 12.4. The summed E-state index contributed by atoms with van der Waals surface area (Å²) in [6, 6.07) is 9.82. The van der Waals surface area contributed by atoms with E-state index in [9.17, 15) is 4.79 Å². The molecule has 19 heavy (non-hydrogen) atoms. The van der Waals surface area contributed by atoms with E-state index < -0.39 is 0 Å². The monoisotopic (exact) mass is 258 g/mol. The number of urea groups is 1. The van der Waals surface area contributed by atoms with E-state index in [1.807, 2.05) is 37.4 Å². The first-order valence-electron chi connectivity index (χ1n) is 7.19. The Morgan fingerprint density at radius 2 is 2.05 bits per heavy atom. The molecular weight excluding hydrogens is 236 g/mol. The van der Waals surface area contributed by atoms with Gasteiger partial charge in [-0.2, -0.15) is 0 Å². The molecule has 102 valence electrons. The topological polar surface area (TPSA) is 32.3 Å². The number of fused-ring (bicyclic) bond motifs is 2. The van der Waals surface area contributed by atoms with Crippen molar-refractivity contribution in [2.75, 3.05) is 11.9 Å². The fourth-order valence-electron chi connectivity index (χ4n) is 3.86. The minimum Gasteiger partial charge on any atom is -0.332 e. The van der Waals surface area contributed by atoms with Gasteiger partial charge in [0, 0.05) is 18.3 Å². The Morgan fingerprint density at radius 3 is 2.63 bits per heavy atom. The summed E-state index contributed by atoms with van der Waals surface area (Å²) >= 11 is 0. The number of amides is 2. The minimum atomic E-state index is 0.00302. The van der Waals surface area contributed by atoms with Crippen molar-refractivity contribution in [3.8, 4) is 0 Å². The van der Waals surface area contributed by atoms with Gasteiger partial charge in [-0.25, -0.2) is 4.79 Å². The summed E-state index contributed by atoms with van der Waals surface area (Å²) in [6.07, 6.45) is 5.07. The normalized spacial score (nSPS) is 32.3. The molecular formula is C16H22N2O. The molecule has 2 fully saturated rings. The van der Waals surface area contributed by atoms with E-state index in [0.717, 1.165) is 18.0 Å². The van der Waals surface area contributed by atoms with Gasteiger partial charge in [-0.15, -0.1) is 0 Å². The molecule has 1 aromatic carbocycles. The summed E-state index contributed by atoms with van der Waals surface area (Å²) in [7, 11) is 1.83. The lowest BCUT2D eigenvalue weighted by atomic mass is 9.83. The van der Waals surface area contributed by atoms with E-state index in [1.54, 1.807) is 4.90 Å². The number of carbonyl (C=O) groups is 1. The van der Waals surface area contributed by atoms with Gasteiger partial charge in [0.25, 0.3) is 0 Å². The van der Waals surface area contributed by atoms with E-state index in [2.05, 4.69) is 12.2 Å². The summed E-state index contributed by atoms with van der Waals surface area (Å²) < 4.78 is 0. The Bertz CT molecular complexity index is 473. The van der Waals surface area contributed by atoms with Gasteiger partial charge in [0.15, 0.2) is 0 Å². The molecule has 0 saturated heterocycles. The zero-order valence-corrected chi connectivity index (χ0v) is 11.7. The van der Waals surface area contributed by atoms with Gasteiger partial charge in [0.2, 0.25) is 0 Å². The van der Waals surface area contributed by atoms with E-state index in [1.165, 1.54) is 19.3 Å². The molecule has 3 rings (SSSR count). The molecule has 2 aliphatic carbocycles. The maximum atomic E-state index is 12.4. The lowest BCUT2D eigenvalue weighted by Gasteiger charge is -2.36. The van der Waals surface area contributed by atoms with Crippen LogP contribution < -0.4 is 10.2 Å². The van der Waals surface area contributed by atoms with Gasteiger partial charge in [0.05, 0.1) is 0 Å². The Hall–Kier alpha value is -1.51. The SMILES string of the molecule is CN(C(=O)NC1(C)CC2CCC1C2)c1ccccc1. The predicted molar refractivity (Wildman–Crippen MR) is 77.2 cm³/mol. The van der Waals surface area contributed by atoms with Crippen molar-refractivity contribution >= 4 is 11.7 Å². The first-order valence-corrected chi connectivity index (χ1v) is 7.19. The largest absolute Gasteiger partial charge is 0.332 e. The Balaban J connectivity index is 1.69. The van der Waals surface area contributed by atoms with Crippen LogP contribution in [0.3, 0.4) is 0 Å². The Kier molecular flexibility index (Phi) is 3.00. The van der Waals surface area contributed by atoms with Crippen LogP contribution in [0.5, 0.6) is 0 Å². The number of rotatable bonds is 2. The summed E-state index contributed by atoms with van der Waals surface area (Å²) in [6.45, 7) is 2.22. The van der Waals surface area contributed by atoms with Crippen molar-refractivity contribution in [1.82, 2.24) is 5.32 Å². The van der Waals surface area contributed by atoms with Crippen LogP contribution in [0.1, 0.15) is 32.6 Å². The highest BCUT2D eigenvalue weighted by molar-refractivity contribution is 5.91. The van der Waals surface area contributed by atoms with Gasteiger partial charge < -0.3 is 5.32 Å². The third kappa shape index (κ3) is 2.22. The lowest BCUT2D eigenvalue weighted by Crippen LogP contribution is -2.53. The van der Waals surface area contributed by atoms with Crippen LogP contribution in [-0.4, -0.2) is 18.6 Å². The number of carbonyl (C=O) groups excluding carboxylic acids is 1. The summed E-state index contributed by atoms with van der Waals surface area (Å²) in [5.41, 5.74) is 0.940. The molecule has 0 spiro atoms. The molecule has 3 nitrogen and oxygen atoms in total. The van der Waals surface area contributed by atoms with Gasteiger partial charge in [-0.1, -0.05) is 18.2 Å². The number of anilines is 1. The van der Waals surface area contributed by atoms with Gasteiger partial charge in [0.1, 0.15) is 0 Å². The van der Waals surface area contributed by atoms with Crippen LogP contribution in [-0.2, 0) is 0 Å². The standard InChI is InChI=1S/C16H22N2O/c1-16(11-12-8-9-13(16)10-12)17-15(19)18(2)14-6-4-3-5-7-14/h3-7,12-13H,8-11H2,1-2H3,(H,17,19). The highest BCUT2D eigenvalue weighted by atomic mass is 16.2. The molecule has 3 heteroatoms. The number of nitrogens with one attached hydrogen (secondary N) is 1. The van der Waals surface area contributed by atoms with Crippen molar-refractivity contribution in [2.45, 2.75) is 38.1 Å². The van der Waals surface area contributed by atoms with Crippen LogP contribution in [0, 0.1) is 11.8 Å². The smallest absolute Gasteiger partial charge is 0.322 e. The molecule has 3 atom stereocenters. The van der Waals surface area contributed by atoms with Crippen molar-refractivity contribution in [1.29, 1.82) is 0 Å². The van der Waals surface area contributed by atoms with E-state index in [-0.39, 0.29) is 11.6 Å². The predicted octanol–water partition coefficient (Wildman–Crippen LogP) is 3.41. The highest BCUT2D eigenvalue weighted by Gasteiger charge is 2.48. The second-order valence-corrected chi connectivity index (χ2v) is 6.32. The molecule has 2 bridgehead atoms. The molecule has 0 radical (unpaired) electrons. The van der Waals surface area contributed by atoms with Gasteiger partial charge in [-0.05, 0) is 56.6 Å². The molecule has 0 aliphatic heterocycles. The van der Waals surface area contributed by atoms with Crippen molar-refractivity contribution in [2.24, 2.45) is 11.8 Å². The van der Waals surface area contributed by atoms with Crippen molar-refractivity contribution < 1.29 is 4.79 Å². The zero-order chi connectivity index (χ0) is 13.5. The minimum absolute atomic E-state index is 0.00302. The third-order valence-corrected chi connectivity index (χ3v) is 5.00. The number of nitrogens with zero attached hydrogens (tertiary/aromatic N) is 1. The van der Waals surface area contributed by atoms with E-state index >= 15 is 0 Å². The average molecular weight is 258 g/mol. The number of benzene rings is 1. The number of para-hydroxylation sites is 1. The first kappa shape index (κ1) is 12.5. The third-order valence-electron chi connectivity index (χ3n) is 5.00. The van der Waals surface area contributed by atoms with E-state index in [0.29, 0.717) is 5.92 Å². The Morgan fingerprint density at radius 1 is 1.32 bits per heavy atom. The molecule has 2 amide bonds. The van der Waals surface area contributed by atoms with Gasteiger partial charge in [-0.3, -0.25) is 4.90 Å². The molecule has 0 aromatic heterocycles. The maximum Gasteiger partial charge on any atom is 0.322 e. The van der Waals surface area contributed by atoms with Gasteiger partial charge >= 0.3 is 6.03 Å². The zero-order valence-electron chi connectivity index (χ0n) is 11.7. The van der Waals surface area contributed by atoms with Crippen molar-refractivity contribution in [3.63, 3.8) is 0 Å². The van der Waals surface area contributed by atoms with E-state index in [4.69, 9.17) is 0 Å². The summed E-state index contributed by atoms with van der Waals surface area (Å²) in [5.74, 6) is 1.50. The quantitative estimate of drug-likeness (QED) is 0.866. The molecule has 3 unspecified atom stereocenters. The molecule has 1 N–H and O–H groups in total. The molecule has 0 heterocycles. The summed E-state index contributed by atoms with van der Waals surface area (Å²) in [4.78, 5) is 14.1. The van der Waals surface area contributed by atoms with Crippen LogP contribution in [0.25, 0.3) is 0 Å². The molecule has 2 aliphatic rings. The first-order chi connectivity index (χ1) is 9.08. The van der Waals surface area contributed by atoms with Crippen LogP contribution in [0.2, 0.25) is 0 Å². The Labute approximate surface area is 115 Å². The summed E-state index contributed by atoms with van der Waals surface area (Å²) in [5, 5.41) is 3.27. The second kappa shape index (κ2) is 4.55. The average Bonchev–Trinajstić information content (AvgIpc) is 2.98. The number of hydrogen-bond acceptors (Lipinski definition) is 1. The van der Waals surface area contributed by atoms with Crippen molar-refractivity contribution in [3.05, 3.63) is 30.3 Å². The fraction of sp³-hybridized carbons (Fsp3) is 0.562. The molecule has 1 aromatic rings. The number of hydrogen-bond donors (Lipinski definition) is 1. The van der Waals surface area contributed by atoms with Crippen LogP contribution >= 0.6 is 0 Å².